The van der Waals surface area contributed by atoms with E-state index < -0.39 is 16.1 Å². The minimum absolute atomic E-state index is 0.167. The summed E-state index contributed by atoms with van der Waals surface area (Å²) in [7, 11) is -3.74. The van der Waals surface area contributed by atoms with E-state index in [0.717, 1.165) is 23.1 Å². The number of hydrogen-bond donors (Lipinski definition) is 1. The molecule has 174 valence electrons. The monoisotopic (exact) mass is 485 g/mol. The van der Waals surface area contributed by atoms with Crippen molar-refractivity contribution < 1.29 is 17.9 Å². The summed E-state index contributed by atoms with van der Waals surface area (Å²) in [5.41, 5.74) is 2.98. The summed E-state index contributed by atoms with van der Waals surface area (Å²) in [6.45, 7) is 2.19. The van der Waals surface area contributed by atoms with Crippen molar-refractivity contribution in [2.24, 2.45) is 0 Å². The molecular weight excluding hydrogens is 458 g/mol. The lowest BCUT2D eigenvalue weighted by Crippen LogP contribution is -2.30. The predicted molar refractivity (Wildman–Crippen MR) is 131 cm³/mol. The van der Waals surface area contributed by atoms with Crippen LogP contribution in [0.1, 0.15) is 42.5 Å². The molecule has 33 heavy (non-hydrogen) atoms. The highest BCUT2D eigenvalue weighted by Gasteiger charge is 2.22. The lowest BCUT2D eigenvalue weighted by atomic mass is 9.98. The van der Waals surface area contributed by atoms with Gasteiger partial charge in [-0.3, -0.25) is 4.79 Å². The Morgan fingerprint density at radius 2 is 1.61 bits per heavy atom. The number of ether oxygens (including phenoxy) is 1. The van der Waals surface area contributed by atoms with E-state index in [4.69, 9.17) is 16.3 Å². The van der Waals surface area contributed by atoms with E-state index in [-0.39, 0.29) is 10.9 Å². The number of benzene rings is 3. The maximum Gasteiger partial charge on any atom is 0.305 e. The highest BCUT2D eigenvalue weighted by atomic mass is 35.5. The topological polar surface area (TPSA) is 72.5 Å². The lowest BCUT2D eigenvalue weighted by Gasteiger charge is -2.20. The first-order valence-electron chi connectivity index (χ1n) is 10.9. The van der Waals surface area contributed by atoms with Crippen molar-refractivity contribution in [3.8, 4) is 0 Å². The highest BCUT2D eigenvalue weighted by molar-refractivity contribution is 7.89. The molecule has 1 atom stereocenters. The van der Waals surface area contributed by atoms with Crippen molar-refractivity contribution >= 4 is 27.6 Å². The van der Waals surface area contributed by atoms with E-state index in [1.807, 2.05) is 54.6 Å². The van der Waals surface area contributed by atoms with E-state index in [1.165, 1.54) is 12.1 Å². The summed E-state index contributed by atoms with van der Waals surface area (Å²) in [5, 5.41) is 0.480. The van der Waals surface area contributed by atoms with Gasteiger partial charge in [0, 0.05) is 11.4 Å². The van der Waals surface area contributed by atoms with E-state index in [9.17, 15) is 13.2 Å². The van der Waals surface area contributed by atoms with Crippen molar-refractivity contribution in [2.75, 3.05) is 6.61 Å². The van der Waals surface area contributed by atoms with Crippen LogP contribution >= 0.6 is 11.6 Å². The van der Waals surface area contributed by atoms with Gasteiger partial charge in [0.05, 0.1) is 17.5 Å². The summed E-state index contributed by atoms with van der Waals surface area (Å²) < 4.78 is 33.9. The maximum absolute atomic E-state index is 13.0. The van der Waals surface area contributed by atoms with Crippen LogP contribution in [-0.4, -0.2) is 21.0 Å². The first-order chi connectivity index (χ1) is 15.9. The number of esters is 1. The molecule has 3 rings (SSSR count). The standard InChI is InChI=1S/C26H28ClNO4S/c1-2-32-26(29)10-6-9-20-11-13-22(14-12-20)25(19-21-7-4-3-5-8-21)28-33(30,31)24-17-15-23(27)16-18-24/h3-5,7-8,11-18,25,28H,2,6,9-10,19H2,1H3. The molecule has 0 saturated heterocycles. The molecular formula is C26H28ClNO4S. The van der Waals surface area contributed by atoms with Crippen LogP contribution < -0.4 is 4.72 Å². The molecule has 5 nitrogen and oxygen atoms in total. The van der Waals surface area contributed by atoms with Gasteiger partial charge in [-0.2, -0.15) is 0 Å². The second kappa shape index (κ2) is 12.0. The lowest BCUT2D eigenvalue weighted by molar-refractivity contribution is -0.143. The number of aryl methyl sites for hydroxylation is 1. The second-order valence-corrected chi connectivity index (χ2v) is 9.87. The number of nitrogens with one attached hydrogen (secondary N) is 1. The predicted octanol–water partition coefficient (Wildman–Crippen LogP) is 5.49. The van der Waals surface area contributed by atoms with Crippen molar-refractivity contribution in [1.29, 1.82) is 0 Å². The molecule has 7 heteroatoms. The number of halogens is 1. The third kappa shape index (κ3) is 7.70. The third-order valence-electron chi connectivity index (χ3n) is 5.24. The first kappa shape index (κ1) is 25.0. The molecule has 0 radical (unpaired) electrons. The average Bonchev–Trinajstić information content (AvgIpc) is 2.80. The summed E-state index contributed by atoms with van der Waals surface area (Å²) in [5.74, 6) is -0.186. The van der Waals surface area contributed by atoms with Gasteiger partial charge in [0.1, 0.15) is 0 Å². The molecule has 3 aromatic rings. The molecule has 0 heterocycles. The van der Waals surface area contributed by atoms with Crippen molar-refractivity contribution in [3.05, 3.63) is 101 Å². The molecule has 0 spiro atoms. The van der Waals surface area contributed by atoms with E-state index in [0.29, 0.717) is 30.9 Å². The number of hydrogen-bond acceptors (Lipinski definition) is 4. The van der Waals surface area contributed by atoms with E-state index >= 15 is 0 Å². The Morgan fingerprint density at radius 3 is 2.24 bits per heavy atom. The van der Waals surface area contributed by atoms with Crippen LogP contribution in [0.2, 0.25) is 5.02 Å². The molecule has 0 amide bonds. The number of rotatable bonds is 11. The molecule has 1 unspecified atom stereocenters. The van der Waals surface area contributed by atoms with Gasteiger partial charge in [-0.1, -0.05) is 66.2 Å². The van der Waals surface area contributed by atoms with Gasteiger partial charge in [0.25, 0.3) is 0 Å². The van der Waals surface area contributed by atoms with Crippen LogP contribution in [-0.2, 0) is 32.4 Å². The fraction of sp³-hybridized carbons (Fsp3) is 0.269. The third-order valence-corrected chi connectivity index (χ3v) is 6.98. The van der Waals surface area contributed by atoms with Crippen LogP contribution in [0.5, 0.6) is 0 Å². The quantitative estimate of drug-likeness (QED) is 0.364. The first-order valence-corrected chi connectivity index (χ1v) is 12.8. The Balaban J connectivity index is 1.76. The number of carbonyl (C=O) groups is 1. The van der Waals surface area contributed by atoms with Gasteiger partial charge in [0.15, 0.2) is 0 Å². The van der Waals surface area contributed by atoms with Gasteiger partial charge in [-0.25, -0.2) is 13.1 Å². The minimum Gasteiger partial charge on any atom is -0.466 e. The largest absolute Gasteiger partial charge is 0.466 e. The van der Waals surface area contributed by atoms with Crippen LogP contribution in [0.15, 0.2) is 83.8 Å². The Bertz CT molecular complexity index is 1130. The molecule has 0 aromatic heterocycles. The Hall–Kier alpha value is -2.67. The Kier molecular flexibility index (Phi) is 9.06. The Morgan fingerprint density at radius 1 is 0.939 bits per heavy atom. The molecule has 0 fully saturated rings. The van der Waals surface area contributed by atoms with Crippen molar-refractivity contribution in [2.45, 2.75) is 43.5 Å². The maximum atomic E-state index is 13.0. The molecule has 0 aliphatic rings. The van der Waals surface area contributed by atoms with Gasteiger partial charge >= 0.3 is 5.97 Å². The second-order valence-electron chi connectivity index (χ2n) is 7.72. The van der Waals surface area contributed by atoms with Gasteiger partial charge < -0.3 is 4.74 Å². The smallest absolute Gasteiger partial charge is 0.305 e. The van der Waals surface area contributed by atoms with Crippen LogP contribution in [0.25, 0.3) is 0 Å². The van der Waals surface area contributed by atoms with Crippen molar-refractivity contribution in [1.82, 2.24) is 4.72 Å². The zero-order valence-corrected chi connectivity index (χ0v) is 20.1. The molecule has 0 saturated carbocycles. The van der Waals surface area contributed by atoms with Crippen LogP contribution in [0, 0.1) is 0 Å². The fourth-order valence-electron chi connectivity index (χ4n) is 3.53. The number of sulfonamides is 1. The normalized spacial score (nSPS) is 12.3. The zero-order chi connectivity index (χ0) is 23.7. The van der Waals surface area contributed by atoms with Gasteiger partial charge in [-0.05, 0) is 67.1 Å². The van der Waals surface area contributed by atoms with Gasteiger partial charge in [-0.15, -0.1) is 0 Å². The van der Waals surface area contributed by atoms with Crippen LogP contribution in [0.3, 0.4) is 0 Å². The molecule has 0 aliphatic carbocycles. The highest BCUT2D eigenvalue weighted by Crippen LogP contribution is 2.23. The van der Waals surface area contributed by atoms with E-state index in [1.54, 1.807) is 19.1 Å². The summed E-state index contributed by atoms with van der Waals surface area (Å²) in [4.78, 5) is 11.7. The number of carbonyl (C=O) groups excluding carboxylic acids is 1. The average molecular weight is 486 g/mol. The summed E-state index contributed by atoms with van der Waals surface area (Å²) in [6, 6.07) is 23.3. The SMILES string of the molecule is CCOC(=O)CCCc1ccc(C(Cc2ccccc2)NS(=O)(=O)c2ccc(Cl)cc2)cc1. The fourth-order valence-corrected chi connectivity index (χ4v) is 4.88. The summed E-state index contributed by atoms with van der Waals surface area (Å²) >= 11 is 5.91. The minimum atomic E-state index is -3.74. The van der Waals surface area contributed by atoms with Crippen LogP contribution in [0.4, 0.5) is 0 Å². The Labute approximate surface area is 200 Å². The van der Waals surface area contributed by atoms with Gasteiger partial charge in [0.2, 0.25) is 10.0 Å². The zero-order valence-electron chi connectivity index (χ0n) is 18.5. The molecule has 1 N–H and O–H groups in total. The summed E-state index contributed by atoms with van der Waals surface area (Å²) in [6.07, 6.45) is 2.34. The molecule has 0 bridgehead atoms. The van der Waals surface area contributed by atoms with E-state index in [2.05, 4.69) is 4.72 Å². The van der Waals surface area contributed by atoms with Crippen molar-refractivity contribution in [3.63, 3.8) is 0 Å². The molecule has 0 aliphatic heterocycles. The molecule has 3 aromatic carbocycles.